The van der Waals surface area contributed by atoms with Crippen LogP contribution in [-0.4, -0.2) is 22.9 Å². The number of pyridine rings is 1. The minimum absolute atomic E-state index is 0.0166. The molecule has 5 nitrogen and oxygen atoms in total. The third-order valence-electron chi connectivity index (χ3n) is 4.65. The number of nitrogens with two attached hydrogens (primary N) is 2. The van der Waals surface area contributed by atoms with E-state index in [0.29, 0.717) is 11.6 Å². The van der Waals surface area contributed by atoms with E-state index in [1.807, 2.05) is 0 Å². The molecule has 0 amide bonds. The van der Waals surface area contributed by atoms with Gasteiger partial charge in [-0.25, -0.2) is 24.0 Å². The molecule has 0 saturated carbocycles. The number of hydrazone groups is 1. The van der Waals surface area contributed by atoms with Crippen LogP contribution in [0.5, 0.6) is 0 Å². The summed E-state index contributed by atoms with van der Waals surface area (Å²) in [6, 6.07) is 11.4. The molecule has 1 aromatic heterocycles. The molecule has 170 valence electrons. The molecule has 0 aliphatic carbocycles. The minimum atomic E-state index is -3.74. The molecule has 0 saturated heterocycles. The zero-order valence-electron chi connectivity index (χ0n) is 17.0. The highest BCUT2D eigenvalue weighted by atomic mass is 19.3. The number of rotatable bonds is 6. The van der Waals surface area contributed by atoms with Crippen LogP contribution in [0.2, 0.25) is 0 Å². The Hall–Kier alpha value is -3.97. The molecule has 0 bridgehead atoms. The first-order chi connectivity index (χ1) is 15.7. The van der Waals surface area contributed by atoms with Crippen LogP contribution in [0.3, 0.4) is 0 Å². The highest BCUT2D eigenvalue weighted by Gasteiger charge is 2.45. The third kappa shape index (κ3) is 5.84. The Morgan fingerprint density at radius 2 is 1.70 bits per heavy atom. The lowest BCUT2D eigenvalue weighted by Gasteiger charge is -2.29. The maximum Gasteiger partial charge on any atom is 0.298 e. The molecule has 10 heteroatoms. The van der Waals surface area contributed by atoms with Gasteiger partial charge < -0.3 is 5.84 Å². The topological polar surface area (TPSA) is 80.5 Å². The predicted molar refractivity (Wildman–Crippen MR) is 113 cm³/mol. The molecule has 1 atom stereocenters. The molecule has 3 rings (SSSR count). The van der Waals surface area contributed by atoms with E-state index in [2.05, 4.69) is 21.9 Å². The summed E-state index contributed by atoms with van der Waals surface area (Å²) < 4.78 is 72.0. The van der Waals surface area contributed by atoms with Crippen molar-refractivity contribution in [3.8, 4) is 11.8 Å². The summed E-state index contributed by atoms with van der Waals surface area (Å²) >= 11 is 0. The van der Waals surface area contributed by atoms with Crippen molar-refractivity contribution in [2.24, 2.45) is 16.8 Å². The zero-order valence-corrected chi connectivity index (χ0v) is 17.0. The second kappa shape index (κ2) is 10.1. The summed E-state index contributed by atoms with van der Waals surface area (Å²) in [5.41, 5.74) is -0.684. The number of alkyl halides is 2. The molecule has 0 aliphatic rings. The van der Waals surface area contributed by atoms with Gasteiger partial charge in [-0.1, -0.05) is 18.1 Å². The summed E-state index contributed by atoms with van der Waals surface area (Å²) in [6.07, 6.45) is 0.891. The smallest absolute Gasteiger partial charge is 0.298 e. The van der Waals surface area contributed by atoms with Gasteiger partial charge in [-0.05, 0) is 53.9 Å². The van der Waals surface area contributed by atoms with Crippen LogP contribution >= 0.6 is 0 Å². The van der Waals surface area contributed by atoms with Gasteiger partial charge in [0.05, 0.1) is 5.92 Å². The molecular formula is C23H18F5N5. The van der Waals surface area contributed by atoms with E-state index >= 15 is 8.78 Å². The molecule has 1 heterocycles. The van der Waals surface area contributed by atoms with Crippen LogP contribution in [0.4, 0.5) is 22.0 Å². The first kappa shape index (κ1) is 23.7. The van der Waals surface area contributed by atoms with Gasteiger partial charge in [0.2, 0.25) is 0 Å². The number of aromatic nitrogens is 1. The van der Waals surface area contributed by atoms with Crippen molar-refractivity contribution in [1.29, 1.82) is 0 Å². The lowest BCUT2D eigenvalue weighted by molar-refractivity contribution is -0.0443. The van der Waals surface area contributed by atoms with E-state index < -0.39 is 47.1 Å². The highest BCUT2D eigenvalue weighted by molar-refractivity contribution is 5.53. The van der Waals surface area contributed by atoms with Crippen molar-refractivity contribution in [1.82, 2.24) is 9.99 Å². The van der Waals surface area contributed by atoms with Crippen LogP contribution in [0, 0.1) is 29.3 Å². The first-order valence-corrected chi connectivity index (χ1v) is 9.53. The van der Waals surface area contributed by atoms with E-state index in [4.69, 9.17) is 11.7 Å². The fraction of sp³-hybridized carbons (Fsp3) is 0.130. The lowest BCUT2D eigenvalue weighted by Crippen LogP contribution is -2.40. The Kier molecular flexibility index (Phi) is 7.25. The summed E-state index contributed by atoms with van der Waals surface area (Å²) in [4.78, 5) is 3.91. The number of halogens is 5. The van der Waals surface area contributed by atoms with E-state index in [-0.39, 0.29) is 5.69 Å². The van der Waals surface area contributed by atoms with E-state index in [1.165, 1.54) is 36.4 Å². The molecule has 4 N–H and O–H groups in total. The van der Waals surface area contributed by atoms with E-state index in [1.54, 1.807) is 0 Å². The van der Waals surface area contributed by atoms with E-state index in [0.717, 1.165) is 29.5 Å². The Labute approximate surface area is 186 Å². The van der Waals surface area contributed by atoms with Gasteiger partial charge in [0.15, 0.2) is 0 Å². The summed E-state index contributed by atoms with van der Waals surface area (Å²) in [5, 5.41) is 3.93. The first-order valence-electron chi connectivity index (χ1n) is 9.53. The standard InChI is InChI=1S/C23H18F5N5/c24-16-7-4-15(5-8-16)6-10-18-2-1-3-22(32-18)23(27,28)20(13-33(30)14-31-29)19-11-9-17(25)12-21(19)26/h1-5,7-9,11-12,14,20H,13,29-30H2/b31-14-. The van der Waals surface area contributed by atoms with Crippen LogP contribution < -0.4 is 11.7 Å². The number of hydrazine groups is 1. The summed E-state index contributed by atoms with van der Waals surface area (Å²) in [7, 11) is 0. The van der Waals surface area contributed by atoms with Crippen molar-refractivity contribution in [3.63, 3.8) is 0 Å². The monoisotopic (exact) mass is 459 g/mol. The molecular weight excluding hydrogens is 441 g/mol. The average Bonchev–Trinajstić information content (AvgIpc) is 2.78. The van der Waals surface area contributed by atoms with Gasteiger partial charge in [-0.2, -0.15) is 13.9 Å². The fourth-order valence-electron chi connectivity index (χ4n) is 3.07. The molecule has 0 fully saturated rings. The Bertz CT molecular complexity index is 1200. The van der Waals surface area contributed by atoms with Gasteiger partial charge in [0.1, 0.15) is 35.2 Å². The Morgan fingerprint density at radius 1 is 1.00 bits per heavy atom. The van der Waals surface area contributed by atoms with Gasteiger partial charge in [-0.3, -0.25) is 5.01 Å². The van der Waals surface area contributed by atoms with Gasteiger partial charge in [0.25, 0.3) is 5.92 Å². The quantitative estimate of drug-likeness (QED) is 0.147. The molecule has 33 heavy (non-hydrogen) atoms. The van der Waals surface area contributed by atoms with Crippen LogP contribution in [0.15, 0.2) is 65.8 Å². The lowest BCUT2D eigenvalue weighted by atomic mass is 9.89. The van der Waals surface area contributed by atoms with Gasteiger partial charge in [-0.15, -0.1) is 0 Å². The largest absolute Gasteiger partial charge is 0.322 e. The molecule has 1 unspecified atom stereocenters. The van der Waals surface area contributed by atoms with Crippen molar-refractivity contribution in [2.75, 3.05) is 6.54 Å². The predicted octanol–water partition coefficient (Wildman–Crippen LogP) is 3.85. The normalized spacial score (nSPS) is 12.3. The second-order valence-electron chi connectivity index (χ2n) is 6.97. The highest BCUT2D eigenvalue weighted by Crippen LogP contribution is 2.42. The van der Waals surface area contributed by atoms with E-state index in [9.17, 15) is 13.2 Å². The number of nitrogens with zero attached hydrogens (tertiary/aromatic N) is 3. The Morgan fingerprint density at radius 3 is 2.36 bits per heavy atom. The molecule has 0 aliphatic heterocycles. The fourth-order valence-corrected chi connectivity index (χ4v) is 3.07. The van der Waals surface area contributed by atoms with Crippen molar-refractivity contribution in [3.05, 3.63) is 101 Å². The zero-order chi connectivity index (χ0) is 24.0. The van der Waals surface area contributed by atoms with Crippen LogP contribution in [-0.2, 0) is 5.92 Å². The van der Waals surface area contributed by atoms with Crippen molar-refractivity contribution < 1.29 is 22.0 Å². The molecule has 3 aromatic rings. The van der Waals surface area contributed by atoms with Crippen molar-refractivity contribution in [2.45, 2.75) is 11.8 Å². The maximum absolute atomic E-state index is 15.6. The average molecular weight is 459 g/mol. The Balaban J connectivity index is 2.00. The number of hydrogen-bond donors (Lipinski definition) is 2. The maximum atomic E-state index is 15.6. The van der Waals surface area contributed by atoms with Crippen LogP contribution in [0.1, 0.15) is 28.4 Å². The third-order valence-corrected chi connectivity index (χ3v) is 4.65. The summed E-state index contributed by atoms with van der Waals surface area (Å²) in [6.45, 7) is -0.608. The second-order valence-corrected chi connectivity index (χ2v) is 6.97. The SMILES string of the molecule is N/N=C\N(N)CC(c1ccc(F)cc1F)C(F)(F)c1cccc(C#Cc2ccc(F)cc2)n1. The number of hydrogen-bond acceptors (Lipinski definition) is 4. The van der Waals surface area contributed by atoms with Gasteiger partial charge in [0, 0.05) is 18.2 Å². The molecule has 2 aromatic carbocycles. The van der Waals surface area contributed by atoms with Crippen molar-refractivity contribution >= 4 is 6.34 Å². The summed E-state index contributed by atoms with van der Waals surface area (Å²) in [5.74, 6) is 7.87. The minimum Gasteiger partial charge on any atom is -0.322 e. The van der Waals surface area contributed by atoms with Gasteiger partial charge >= 0.3 is 0 Å². The van der Waals surface area contributed by atoms with Crippen LogP contribution in [0.25, 0.3) is 0 Å². The number of benzene rings is 2. The molecule has 0 spiro atoms. The molecule has 0 radical (unpaired) electrons.